The zero-order valence-corrected chi connectivity index (χ0v) is 16.4. The van der Waals surface area contributed by atoms with E-state index in [1.807, 2.05) is 43.3 Å². The molecule has 0 bridgehead atoms. The van der Waals surface area contributed by atoms with Crippen molar-refractivity contribution in [2.24, 2.45) is 0 Å². The van der Waals surface area contributed by atoms with Crippen LogP contribution in [0.5, 0.6) is 0 Å². The Morgan fingerprint density at radius 3 is 2.76 bits per heavy atom. The standard InChI is InChI=1S/C21H24N6O2/c1-15-24-19(14-20(25-15)27-10-12-29-13-11-27)22-8-9-23-21(28)18-7-6-16-4-2-3-5-17(16)26-18/h2-7,14H,8-13H2,1H3,(H,23,28)(H,22,24,25). The Morgan fingerprint density at radius 1 is 1.07 bits per heavy atom. The van der Waals surface area contributed by atoms with Crippen LogP contribution >= 0.6 is 0 Å². The number of carbonyl (C=O) groups excluding carboxylic acids is 1. The van der Waals surface area contributed by atoms with E-state index in [2.05, 4.69) is 30.5 Å². The van der Waals surface area contributed by atoms with E-state index in [4.69, 9.17) is 4.74 Å². The van der Waals surface area contributed by atoms with Crippen molar-refractivity contribution in [1.82, 2.24) is 20.3 Å². The van der Waals surface area contributed by atoms with Crippen LogP contribution in [0.1, 0.15) is 16.3 Å². The van der Waals surface area contributed by atoms with E-state index in [0.29, 0.717) is 37.8 Å². The van der Waals surface area contributed by atoms with Crippen LogP contribution < -0.4 is 15.5 Å². The summed E-state index contributed by atoms with van der Waals surface area (Å²) in [5.74, 6) is 2.16. The van der Waals surface area contributed by atoms with Gasteiger partial charge in [-0.1, -0.05) is 24.3 Å². The Morgan fingerprint density at radius 2 is 1.90 bits per heavy atom. The predicted molar refractivity (Wildman–Crippen MR) is 112 cm³/mol. The second-order valence-corrected chi connectivity index (χ2v) is 6.83. The molecule has 150 valence electrons. The van der Waals surface area contributed by atoms with Gasteiger partial charge in [0.05, 0.1) is 18.7 Å². The first-order valence-electron chi connectivity index (χ1n) is 9.75. The molecule has 1 amide bonds. The van der Waals surface area contributed by atoms with Crippen LogP contribution in [0.3, 0.4) is 0 Å². The summed E-state index contributed by atoms with van der Waals surface area (Å²) < 4.78 is 5.40. The van der Waals surface area contributed by atoms with Gasteiger partial charge in [0.25, 0.3) is 5.91 Å². The van der Waals surface area contributed by atoms with Crippen molar-refractivity contribution in [3.63, 3.8) is 0 Å². The molecule has 29 heavy (non-hydrogen) atoms. The molecule has 3 aromatic rings. The normalized spacial score (nSPS) is 14.0. The molecular weight excluding hydrogens is 368 g/mol. The van der Waals surface area contributed by atoms with Gasteiger partial charge < -0.3 is 20.3 Å². The number of carbonyl (C=O) groups is 1. The summed E-state index contributed by atoms with van der Waals surface area (Å²) in [6.45, 7) is 5.96. The van der Waals surface area contributed by atoms with E-state index in [0.717, 1.165) is 35.6 Å². The molecule has 2 N–H and O–H groups in total. The Hall–Kier alpha value is -3.26. The van der Waals surface area contributed by atoms with Gasteiger partial charge in [0, 0.05) is 37.6 Å². The molecular formula is C21H24N6O2. The molecule has 1 aliphatic heterocycles. The average molecular weight is 392 g/mol. The smallest absolute Gasteiger partial charge is 0.269 e. The highest BCUT2D eigenvalue weighted by Crippen LogP contribution is 2.17. The van der Waals surface area contributed by atoms with E-state index in [1.54, 1.807) is 6.07 Å². The fourth-order valence-corrected chi connectivity index (χ4v) is 3.25. The number of nitrogens with one attached hydrogen (secondary N) is 2. The van der Waals surface area contributed by atoms with Crippen LogP contribution in [0, 0.1) is 6.92 Å². The first kappa shape index (κ1) is 19.1. The summed E-state index contributed by atoms with van der Waals surface area (Å²) in [4.78, 5) is 27.9. The lowest BCUT2D eigenvalue weighted by Crippen LogP contribution is -2.37. The lowest BCUT2D eigenvalue weighted by molar-refractivity contribution is 0.0950. The third-order valence-electron chi connectivity index (χ3n) is 4.71. The van der Waals surface area contributed by atoms with Gasteiger partial charge >= 0.3 is 0 Å². The Bertz CT molecular complexity index is 1000. The lowest BCUT2D eigenvalue weighted by Gasteiger charge is -2.28. The molecule has 1 fully saturated rings. The third-order valence-corrected chi connectivity index (χ3v) is 4.71. The summed E-state index contributed by atoms with van der Waals surface area (Å²) in [6, 6.07) is 13.3. The zero-order chi connectivity index (χ0) is 20.1. The van der Waals surface area contributed by atoms with Crippen molar-refractivity contribution in [3.05, 3.63) is 54.0 Å². The Kier molecular flexibility index (Phi) is 5.81. The Labute approximate surface area is 169 Å². The van der Waals surface area contributed by atoms with Crippen molar-refractivity contribution < 1.29 is 9.53 Å². The molecule has 0 saturated carbocycles. The van der Waals surface area contributed by atoms with Crippen LogP contribution in [0.2, 0.25) is 0 Å². The quantitative estimate of drug-likeness (QED) is 0.620. The number of hydrogen-bond acceptors (Lipinski definition) is 7. The number of nitrogens with zero attached hydrogens (tertiary/aromatic N) is 4. The number of para-hydroxylation sites is 1. The SMILES string of the molecule is Cc1nc(NCCNC(=O)c2ccc3ccccc3n2)cc(N2CCOCC2)n1. The van der Waals surface area contributed by atoms with Gasteiger partial charge in [-0.25, -0.2) is 15.0 Å². The molecule has 4 rings (SSSR count). The highest BCUT2D eigenvalue weighted by atomic mass is 16.5. The summed E-state index contributed by atoms with van der Waals surface area (Å²) in [5.41, 5.74) is 1.22. The largest absolute Gasteiger partial charge is 0.378 e. The molecule has 0 radical (unpaired) electrons. The molecule has 2 aromatic heterocycles. The maximum Gasteiger partial charge on any atom is 0.269 e. The number of amides is 1. The van der Waals surface area contributed by atoms with E-state index in [-0.39, 0.29) is 5.91 Å². The number of aryl methyl sites for hydroxylation is 1. The first-order chi connectivity index (χ1) is 14.2. The van der Waals surface area contributed by atoms with Crippen molar-refractivity contribution in [2.45, 2.75) is 6.92 Å². The second kappa shape index (κ2) is 8.83. The van der Waals surface area contributed by atoms with E-state index < -0.39 is 0 Å². The van der Waals surface area contributed by atoms with Gasteiger partial charge in [-0.2, -0.15) is 0 Å². The van der Waals surface area contributed by atoms with E-state index >= 15 is 0 Å². The molecule has 1 saturated heterocycles. The fraction of sp³-hybridized carbons (Fsp3) is 0.333. The van der Waals surface area contributed by atoms with Crippen LogP contribution in [-0.4, -0.2) is 60.3 Å². The van der Waals surface area contributed by atoms with Gasteiger partial charge in [-0.05, 0) is 19.1 Å². The number of hydrogen-bond donors (Lipinski definition) is 2. The maximum absolute atomic E-state index is 12.4. The van der Waals surface area contributed by atoms with E-state index in [9.17, 15) is 4.79 Å². The van der Waals surface area contributed by atoms with Gasteiger partial charge in [0.2, 0.25) is 0 Å². The Balaban J connectivity index is 1.31. The van der Waals surface area contributed by atoms with Crippen molar-refractivity contribution in [1.29, 1.82) is 0 Å². The fourth-order valence-electron chi connectivity index (χ4n) is 3.25. The van der Waals surface area contributed by atoms with Crippen molar-refractivity contribution >= 4 is 28.4 Å². The topological polar surface area (TPSA) is 92.3 Å². The van der Waals surface area contributed by atoms with Gasteiger partial charge in [-0.3, -0.25) is 4.79 Å². The summed E-state index contributed by atoms with van der Waals surface area (Å²) in [5, 5.41) is 7.16. The van der Waals surface area contributed by atoms with Crippen molar-refractivity contribution in [2.75, 3.05) is 49.6 Å². The molecule has 0 aliphatic carbocycles. The number of aromatic nitrogens is 3. The maximum atomic E-state index is 12.4. The molecule has 8 nitrogen and oxygen atoms in total. The zero-order valence-electron chi connectivity index (χ0n) is 16.4. The van der Waals surface area contributed by atoms with Crippen molar-refractivity contribution in [3.8, 4) is 0 Å². The molecule has 0 spiro atoms. The van der Waals surface area contributed by atoms with Gasteiger partial charge in [0.1, 0.15) is 23.2 Å². The molecule has 1 aromatic carbocycles. The van der Waals surface area contributed by atoms with Crippen LogP contribution in [-0.2, 0) is 4.74 Å². The highest BCUT2D eigenvalue weighted by molar-refractivity contribution is 5.94. The molecule has 3 heterocycles. The van der Waals surface area contributed by atoms with E-state index in [1.165, 1.54) is 0 Å². The van der Waals surface area contributed by atoms with Crippen LogP contribution in [0.25, 0.3) is 10.9 Å². The lowest BCUT2D eigenvalue weighted by atomic mass is 10.2. The van der Waals surface area contributed by atoms with Gasteiger partial charge in [-0.15, -0.1) is 0 Å². The molecule has 0 atom stereocenters. The number of anilines is 2. The number of fused-ring (bicyclic) bond motifs is 1. The highest BCUT2D eigenvalue weighted by Gasteiger charge is 2.14. The first-order valence-corrected chi connectivity index (χ1v) is 9.75. The van der Waals surface area contributed by atoms with Gasteiger partial charge in [0.15, 0.2) is 0 Å². The number of pyridine rings is 1. The minimum atomic E-state index is -0.189. The third kappa shape index (κ3) is 4.78. The average Bonchev–Trinajstić information content (AvgIpc) is 2.76. The second-order valence-electron chi connectivity index (χ2n) is 6.83. The number of ether oxygens (including phenoxy) is 1. The molecule has 0 unspecified atom stereocenters. The predicted octanol–water partition coefficient (Wildman–Crippen LogP) is 2.01. The number of rotatable bonds is 6. The summed E-state index contributed by atoms with van der Waals surface area (Å²) in [7, 11) is 0. The minimum absolute atomic E-state index is 0.189. The van der Waals surface area contributed by atoms with Crippen LogP contribution in [0.4, 0.5) is 11.6 Å². The monoisotopic (exact) mass is 392 g/mol. The molecule has 1 aliphatic rings. The summed E-state index contributed by atoms with van der Waals surface area (Å²) in [6.07, 6.45) is 0. The minimum Gasteiger partial charge on any atom is -0.378 e. The number of benzene rings is 1. The number of morpholine rings is 1. The molecule has 8 heteroatoms. The summed E-state index contributed by atoms with van der Waals surface area (Å²) >= 11 is 0. The van der Waals surface area contributed by atoms with Crippen LogP contribution in [0.15, 0.2) is 42.5 Å².